The summed E-state index contributed by atoms with van der Waals surface area (Å²) in [7, 11) is 0. The van der Waals surface area contributed by atoms with Crippen LogP contribution in [0.3, 0.4) is 0 Å². The van der Waals surface area contributed by atoms with Crippen LogP contribution in [0.5, 0.6) is 0 Å². The smallest absolute Gasteiger partial charge is 0.0920 e. The van der Waals surface area contributed by atoms with Gasteiger partial charge in [-0.05, 0) is 37.1 Å². The fourth-order valence-corrected chi connectivity index (χ4v) is 2.24. The van der Waals surface area contributed by atoms with Gasteiger partial charge in [0.1, 0.15) is 0 Å². The zero-order valence-electron chi connectivity index (χ0n) is 10.0. The number of benzene rings is 1. The summed E-state index contributed by atoms with van der Waals surface area (Å²) >= 11 is 0. The lowest BCUT2D eigenvalue weighted by Gasteiger charge is -2.33. The highest BCUT2D eigenvalue weighted by Crippen LogP contribution is 2.30. The van der Waals surface area contributed by atoms with Crippen molar-refractivity contribution in [3.8, 4) is 0 Å². The van der Waals surface area contributed by atoms with E-state index in [1.54, 1.807) is 0 Å². The standard InChI is InChI=1S/C14H20N2O/c15-9-1-2-12-3-5-13(6-4-12)14(17)7-10-16-11-8-14/h1-6,16-17H,7-11,15H2. The second kappa shape index (κ2) is 5.45. The molecule has 1 aliphatic heterocycles. The van der Waals surface area contributed by atoms with E-state index in [9.17, 15) is 5.11 Å². The Hall–Kier alpha value is -1.16. The number of piperidine rings is 1. The minimum atomic E-state index is -0.651. The minimum absolute atomic E-state index is 0.553. The summed E-state index contributed by atoms with van der Waals surface area (Å²) in [5.41, 5.74) is 6.90. The van der Waals surface area contributed by atoms with Gasteiger partial charge in [0.2, 0.25) is 0 Å². The molecule has 0 aromatic heterocycles. The predicted octanol–water partition coefficient (Wildman–Crippen LogP) is 1.23. The van der Waals surface area contributed by atoms with Crippen molar-refractivity contribution in [1.82, 2.24) is 5.32 Å². The molecule has 0 atom stereocenters. The summed E-state index contributed by atoms with van der Waals surface area (Å²) in [4.78, 5) is 0. The number of aliphatic hydroxyl groups is 1. The van der Waals surface area contributed by atoms with E-state index in [2.05, 4.69) is 5.32 Å². The second-order valence-electron chi connectivity index (χ2n) is 4.54. The lowest BCUT2D eigenvalue weighted by molar-refractivity contribution is 0.00594. The van der Waals surface area contributed by atoms with Crippen molar-refractivity contribution in [2.45, 2.75) is 18.4 Å². The molecule has 1 aliphatic rings. The third-order valence-electron chi connectivity index (χ3n) is 3.33. The molecular weight excluding hydrogens is 212 g/mol. The van der Waals surface area contributed by atoms with Gasteiger partial charge in [-0.25, -0.2) is 0 Å². The third-order valence-corrected chi connectivity index (χ3v) is 3.33. The fraction of sp³-hybridized carbons (Fsp3) is 0.429. The van der Waals surface area contributed by atoms with Crippen LogP contribution < -0.4 is 11.1 Å². The van der Waals surface area contributed by atoms with Crippen LogP contribution in [0.25, 0.3) is 6.08 Å². The Kier molecular flexibility index (Phi) is 3.94. The van der Waals surface area contributed by atoms with Crippen molar-refractivity contribution in [2.24, 2.45) is 5.73 Å². The van der Waals surface area contributed by atoms with Gasteiger partial charge in [-0.3, -0.25) is 0 Å². The van der Waals surface area contributed by atoms with Gasteiger partial charge in [-0.1, -0.05) is 36.4 Å². The molecule has 0 amide bonds. The first-order valence-corrected chi connectivity index (χ1v) is 6.15. The van der Waals surface area contributed by atoms with Gasteiger partial charge in [0.15, 0.2) is 0 Å². The maximum Gasteiger partial charge on any atom is 0.0920 e. The van der Waals surface area contributed by atoms with Gasteiger partial charge >= 0.3 is 0 Å². The molecule has 3 heteroatoms. The first kappa shape index (κ1) is 12.3. The average Bonchev–Trinajstić information content (AvgIpc) is 2.38. The van der Waals surface area contributed by atoms with Crippen molar-refractivity contribution in [3.05, 3.63) is 41.5 Å². The Balaban J connectivity index is 2.14. The SMILES string of the molecule is NCC=Cc1ccc(C2(O)CCNCC2)cc1. The summed E-state index contributed by atoms with van der Waals surface area (Å²) in [6.45, 7) is 2.31. The molecular formula is C14H20N2O. The molecule has 0 unspecified atom stereocenters. The van der Waals surface area contributed by atoms with E-state index in [-0.39, 0.29) is 0 Å². The molecule has 92 valence electrons. The number of hydrogen-bond acceptors (Lipinski definition) is 3. The minimum Gasteiger partial charge on any atom is -0.385 e. The van der Waals surface area contributed by atoms with Crippen molar-refractivity contribution in [2.75, 3.05) is 19.6 Å². The molecule has 3 nitrogen and oxygen atoms in total. The average molecular weight is 232 g/mol. The van der Waals surface area contributed by atoms with Crippen molar-refractivity contribution in [3.63, 3.8) is 0 Å². The summed E-state index contributed by atoms with van der Waals surface area (Å²) in [6, 6.07) is 8.09. The lowest BCUT2D eigenvalue weighted by Crippen LogP contribution is -2.39. The molecule has 4 N–H and O–H groups in total. The number of nitrogens with two attached hydrogens (primary N) is 1. The van der Waals surface area contributed by atoms with E-state index in [4.69, 9.17) is 5.73 Å². The summed E-state index contributed by atoms with van der Waals surface area (Å²) in [6.07, 6.45) is 5.49. The highest BCUT2D eigenvalue weighted by Gasteiger charge is 2.30. The highest BCUT2D eigenvalue weighted by atomic mass is 16.3. The van der Waals surface area contributed by atoms with Crippen LogP contribution in [0.2, 0.25) is 0 Å². The Morgan fingerprint density at radius 1 is 1.24 bits per heavy atom. The Bertz CT molecular complexity index is 378. The zero-order valence-corrected chi connectivity index (χ0v) is 10.0. The van der Waals surface area contributed by atoms with Crippen molar-refractivity contribution >= 4 is 6.08 Å². The molecule has 1 aromatic carbocycles. The van der Waals surface area contributed by atoms with Crippen LogP contribution >= 0.6 is 0 Å². The summed E-state index contributed by atoms with van der Waals surface area (Å²) in [5.74, 6) is 0. The van der Waals surface area contributed by atoms with E-state index in [0.717, 1.165) is 37.1 Å². The second-order valence-corrected chi connectivity index (χ2v) is 4.54. The molecule has 0 radical (unpaired) electrons. The van der Waals surface area contributed by atoms with E-state index >= 15 is 0 Å². The van der Waals surface area contributed by atoms with Gasteiger partial charge in [0.05, 0.1) is 5.60 Å². The zero-order chi connectivity index (χ0) is 12.1. The van der Waals surface area contributed by atoms with E-state index in [0.29, 0.717) is 6.54 Å². The van der Waals surface area contributed by atoms with Gasteiger partial charge in [-0.15, -0.1) is 0 Å². The highest BCUT2D eigenvalue weighted by molar-refractivity contribution is 5.50. The predicted molar refractivity (Wildman–Crippen MR) is 70.5 cm³/mol. The maximum atomic E-state index is 10.5. The summed E-state index contributed by atoms with van der Waals surface area (Å²) in [5, 5.41) is 13.8. The Labute approximate surface area is 102 Å². The fourth-order valence-electron chi connectivity index (χ4n) is 2.24. The van der Waals surface area contributed by atoms with Gasteiger partial charge in [0.25, 0.3) is 0 Å². The van der Waals surface area contributed by atoms with Gasteiger partial charge < -0.3 is 16.2 Å². The molecule has 17 heavy (non-hydrogen) atoms. The third kappa shape index (κ3) is 2.94. The maximum absolute atomic E-state index is 10.5. The van der Waals surface area contributed by atoms with Gasteiger partial charge in [0, 0.05) is 6.54 Å². The van der Waals surface area contributed by atoms with Crippen LogP contribution in [0.4, 0.5) is 0 Å². The van der Waals surface area contributed by atoms with Crippen LogP contribution in [0.15, 0.2) is 30.3 Å². The van der Waals surface area contributed by atoms with Crippen LogP contribution in [0.1, 0.15) is 24.0 Å². The number of rotatable bonds is 3. The number of hydrogen-bond donors (Lipinski definition) is 3. The Morgan fingerprint density at radius 2 is 1.88 bits per heavy atom. The number of nitrogens with one attached hydrogen (secondary N) is 1. The molecule has 2 rings (SSSR count). The lowest BCUT2D eigenvalue weighted by atomic mass is 9.85. The molecule has 1 aromatic rings. The first-order chi connectivity index (χ1) is 8.24. The van der Waals surface area contributed by atoms with Crippen LogP contribution in [-0.2, 0) is 5.60 Å². The van der Waals surface area contributed by atoms with E-state index in [1.807, 2.05) is 36.4 Å². The van der Waals surface area contributed by atoms with Crippen LogP contribution in [-0.4, -0.2) is 24.7 Å². The molecule has 1 heterocycles. The van der Waals surface area contributed by atoms with Crippen LogP contribution in [0, 0.1) is 0 Å². The molecule has 0 spiro atoms. The normalized spacial score (nSPS) is 19.6. The summed E-state index contributed by atoms with van der Waals surface area (Å²) < 4.78 is 0. The quantitative estimate of drug-likeness (QED) is 0.734. The molecule has 0 saturated carbocycles. The molecule has 1 fully saturated rings. The van der Waals surface area contributed by atoms with Crippen molar-refractivity contribution in [1.29, 1.82) is 0 Å². The topological polar surface area (TPSA) is 58.3 Å². The molecule has 1 saturated heterocycles. The Morgan fingerprint density at radius 3 is 2.47 bits per heavy atom. The molecule has 0 bridgehead atoms. The van der Waals surface area contributed by atoms with Gasteiger partial charge in [-0.2, -0.15) is 0 Å². The monoisotopic (exact) mass is 232 g/mol. The molecule has 0 aliphatic carbocycles. The van der Waals surface area contributed by atoms with Crippen molar-refractivity contribution < 1.29 is 5.11 Å². The first-order valence-electron chi connectivity index (χ1n) is 6.15. The van der Waals surface area contributed by atoms with E-state index in [1.165, 1.54) is 0 Å². The van der Waals surface area contributed by atoms with E-state index < -0.39 is 5.60 Å². The largest absolute Gasteiger partial charge is 0.385 e.